The molecule has 0 radical (unpaired) electrons. The summed E-state index contributed by atoms with van der Waals surface area (Å²) in [5.41, 5.74) is 6.12. The predicted molar refractivity (Wildman–Crippen MR) is 135 cm³/mol. The largest absolute Gasteiger partial charge is 0.341 e. The average molecular weight is 481 g/mol. The van der Waals surface area contributed by atoms with Gasteiger partial charge in [-0.25, -0.2) is 5.43 Å². The van der Waals surface area contributed by atoms with Gasteiger partial charge in [-0.3, -0.25) is 9.59 Å². The molecule has 0 unspecified atom stereocenters. The molecule has 2 N–H and O–H groups in total. The molecule has 0 saturated heterocycles. The lowest BCUT2D eigenvalue weighted by Gasteiger charge is -2.07. The number of amides is 2. The fourth-order valence-electron chi connectivity index (χ4n) is 3.83. The number of nitrogens with one attached hydrogen (secondary N) is 2. The molecule has 0 fully saturated rings. The number of carbonyl (C=O) groups is 2. The third-order valence-corrected chi connectivity index (χ3v) is 5.86. The van der Waals surface area contributed by atoms with Crippen molar-refractivity contribution in [2.45, 2.75) is 26.8 Å². The molecule has 0 aliphatic heterocycles. The van der Waals surface area contributed by atoms with Crippen LogP contribution >= 0.6 is 23.2 Å². The minimum Gasteiger partial charge on any atom is -0.341 e. The Hall–Kier alpha value is -3.35. The number of carbonyl (C=O) groups excluding carboxylic acids is 2. The number of aryl methyl sites for hydroxylation is 1. The van der Waals surface area contributed by atoms with Crippen molar-refractivity contribution in [3.8, 4) is 0 Å². The molecule has 1 heterocycles. The van der Waals surface area contributed by atoms with E-state index in [9.17, 15) is 9.59 Å². The number of aromatic nitrogens is 1. The first-order chi connectivity index (χ1) is 15.9. The topological polar surface area (TPSA) is 75.5 Å². The zero-order chi connectivity index (χ0) is 23.5. The van der Waals surface area contributed by atoms with Crippen LogP contribution < -0.4 is 10.7 Å². The number of hydrogen-bond donors (Lipinski definition) is 2. The van der Waals surface area contributed by atoms with Gasteiger partial charge in [0.25, 0.3) is 5.91 Å². The van der Waals surface area contributed by atoms with Crippen molar-refractivity contribution >= 4 is 68.2 Å². The van der Waals surface area contributed by atoms with Crippen LogP contribution in [0.1, 0.15) is 30.6 Å². The summed E-state index contributed by atoms with van der Waals surface area (Å²) < 4.78 is 2.25. The van der Waals surface area contributed by atoms with E-state index in [1.165, 1.54) is 12.1 Å². The second-order valence-corrected chi connectivity index (χ2v) is 8.47. The van der Waals surface area contributed by atoms with Gasteiger partial charge < -0.3 is 9.88 Å². The summed E-state index contributed by atoms with van der Waals surface area (Å²) in [6.07, 6.45) is 0.0311. The number of rotatable bonds is 6. The number of hydrazone groups is 1. The van der Waals surface area contributed by atoms with Crippen LogP contribution in [0.3, 0.4) is 0 Å². The zero-order valence-electron chi connectivity index (χ0n) is 18.2. The average Bonchev–Trinajstić information content (AvgIpc) is 3.10. The molecular weight excluding hydrogens is 459 g/mol. The highest BCUT2D eigenvalue weighted by Crippen LogP contribution is 2.31. The second kappa shape index (κ2) is 9.65. The number of anilines is 1. The summed E-state index contributed by atoms with van der Waals surface area (Å²) in [7, 11) is 0. The Labute approximate surface area is 201 Å². The van der Waals surface area contributed by atoms with Gasteiger partial charge >= 0.3 is 0 Å². The molecule has 3 aromatic carbocycles. The van der Waals surface area contributed by atoms with Crippen LogP contribution in [0.25, 0.3) is 21.8 Å². The van der Waals surface area contributed by atoms with Gasteiger partial charge in [0.05, 0.1) is 17.0 Å². The molecule has 0 aliphatic carbocycles. The van der Waals surface area contributed by atoms with Crippen molar-refractivity contribution < 1.29 is 9.59 Å². The molecule has 0 spiro atoms. The molecule has 4 aromatic rings. The molecular formula is C25H22Cl2N4O2. The summed E-state index contributed by atoms with van der Waals surface area (Å²) in [5, 5.41) is 9.82. The summed E-state index contributed by atoms with van der Waals surface area (Å²) in [6, 6.07) is 18.7. The van der Waals surface area contributed by atoms with E-state index in [-0.39, 0.29) is 22.9 Å². The summed E-state index contributed by atoms with van der Waals surface area (Å²) in [5.74, 6) is -0.706. The summed E-state index contributed by atoms with van der Waals surface area (Å²) in [4.78, 5) is 24.8. The number of hydrogen-bond acceptors (Lipinski definition) is 3. The van der Waals surface area contributed by atoms with Crippen molar-refractivity contribution in [3.63, 3.8) is 0 Å². The van der Waals surface area contributed by atoms with Gasteiger partial charge in [-0.1, -0.05) is 41.4 Å². The fourth-order valence-corrected chi connectivity index (χ4v) is 4.32. The molecule has 2 amide bonds. The van der Waals surface area contributed by atoms with Crippen molar-refractivity contribution in [3.05, 3.63) is 76.3 Å². The summed E-state index contributed by atoms with van der Waals surface area (Å²) in [6.45, 7) is 4.64. The van der Waals surface area contributed by atoms with Gasteiger partial charge in [0.1, 0.15) is 0 Å². The molecule has 33 heavy (non-hydrogen) atoms. The third kappa shape index (κ3) is 4.87. The van der Waals surface area contributed by atoms with Crippen LogP contribution in [0.2, 0.25) is 10.0 Å². The van der Waals surface area contributed by atoms with E-state index >= 15 is 0 Å². The first-order valence-corrected chi connectivity index (χ1v) is 11.2. The Bertz CT molecular complexity index is 1410. The van der Waals surface area contributed by atoms with Gasteiger partial charge in [0.15, 0.2) is 0 Å². The van der Waals surface area contributed by atoms with Gasteiger partial charge in [0, 0.05) is 44.8 Å². The number of para-hydroxylation sites is 1. The van der Waals surface area contributed by atoms with Crippen LogP contribution in [-0.2, 0) is 11.3 Å². The maximum atomic E-state index is 12.5. The van der Waals surface area contributed by atoms with Gasteiger partial charge in [-0.2, -0.15) is 5.10 Å². The van der Waals surface area contributed by atoms with Crippen LogP contribution in [0, 0.1) is 0 Å². The van der Waals surface area contributed by atoms with Crippen LogP contribution in [0.15, 0.2) is 65.8 Å². The number of halogens is 2. The molecule has 8 heteroatoms. The Morgan fingerprint density at radius 1 is 0.970 bits per heavy atom. The highest BCUT2D eigenvalue weighted by Gasteiger charge is 2.13. The Kier molecular flexibility index (Phi) is 6.67. The molecule has 4 rings (SSSR count). The quantitative estimate of drug-likeness (QED) is 0.252. The zero-order valence-corrected chi connectivity index (χ0v) is 19.7. The predicted octanol–water partition coefficient (Wildman–Crippen LogP) is 6.26. The SMILES string of the molecule is CCn1c2ccccc2c2cc(NC(=O)C/C(C)=N\NC(=O)c3ccc(Cl)cc3Cl)ccc21. The second-order valence-electron chi connectivity index (χ2n) is 7.63. The number of fused-ring (bicyclic) bond motifs is 3. The normalized spacial score (nSPS) is 11.7. The third-order valence-electron chi connectivity index (χ3n) is 5.31. The lowest BCUT2D eigenvalue weighted by Crippen LogP contribution is -2.21. The lowest BCUT2D eigenvalue weighted by atomic mass is 10.1. The fraction of sp³-hybridized carbons (Fsp3) is 0.160. The van der Waals surface area contributed by atoms with Gasteiger partial charge in [0.2, 0.25) is 5.91 Å². The molecule has 1 aromatic heterocycles. The minimum atomic E-state index is -0.478. The van der Waals surface area contributed by atoms with E-state index in [4.69, 9.17) is 23.2 Å². The van der Waals surface area contributed by atoms with E-state index in [0.29, 0.717) is 16.4 Å². The van der Waals surface area contributed by atoms with E-state index in [1.54, 1.807) is 13.0 Å². The van der Waals surface area contributed by atoms with Crippen molar-refractivity contribution in [1.29, 1.82) is 0 Å². The first-order valence-electron chi connectivity index (χ1n) is 10.5. The van der Waals surface area contributed by atoms with Crippen LogP contribution in [0.4, 0.5) is 5.69 Å². The van der Waals surface area contributed by atoms with E-state index in [0.717, 1.165) is 28.4 Å². The smallest absolute Gasteiger partial charge is 0.272 e. The Morgan fingerprint density at radius 2 is 1.73 bits per heavy atom. The standard InChI is InChI=1S/C25H22Cl2N4O2/c1-3-31-22-7-5-4-6-18(22)20-14-17(9-11-23(20)31)28-24(32)12-15(2)29-30-25(33)19-10-8-16(26)13-21(19)27/h4-11,13-14H,3,12H2,1-2H3,(H,28,32)(H,30,33)/b29-15-. The Morgan fingerprint density at radius 3 is 2.48 bits per heavy atom. The van der Waals surface area contributed by atoms with E-state index < -0.39 is 5.91 Å². The summed E-state index contributed by atoms with van der Waals surface area (Å²) >= 11 is 11.9. The molecule has 0 aliphatic rings. The van der Waals surface area contributed by atoms with Crippen LogP contribution in [-0.4, -0.2) is 22.1 Å². The van der Waals surface area contributed by atoms with Crippen molar-refractivity contribution in [2.24, 2.45) is 5.10 Å². The Balaban J connectivity index is 1.45. The number of benzene rings is 3. The minimum absolute atomic E-state index is 0.0311. The van der Waals surface area contributed by atoms with Gasteiger partial charge in [-0.15, -0.1) is 0 Å². The maximum absolute atomic E-state index is 12.5. The molecule has 0 atom stereocenters. The van der Waals surface area contributed by atoms with Gasteiger partial charge in [-0.05, 0) is 56.3 Å². The molecule has 6 nitrogen and oxygen atoms in total. The van der Waals surface area contributed by atoms with E-state index in [2.05, 4.69) is 39.5 Å². The van der Waals surface area contributed by atoms with E-state index in [1.807, 2.05) is 30.3 Å². The number of nitrogens with zero attached hydrogens (tertiary/aromatic N) is 2. The molecule has 0 bridgehead atoms. The molecule has 0 saturated carbocycles. The lowest BCUT2D eigenvalue weighted by molar-refractivity contribution is -0.115. The van der Waals surface area contributed by atoms with Crippen molar-refractivity contribution in [2.75, 3.05) is 5.32 Å². The molecule has 168 valence electrons. The highest BCUT2D eigenvalue weighted by atomic mass is 35.5. The van der Waals surface area contributed by atoms with Crippen LogP contribution in [0.5, 0.6) is 0 Å². The maximum Gasteiger partial charge on any atom is 0.272 e. The highest BCUT2D eigenvalue weighted by molar-refractivity contribution is 6.36. The first kappa shape index (κ1) is 22.8. The van der Waals surface area contributed by atoms with Crippen molar-refractivity contribution in [1.82, 2.24) is 9.99 Å². The monoisotopic (exact) mass is 480 g/mol.